The van der Waals surface area contributed by atoms with Crippen molar-refractivity contribution in [2.24, 2.45) is 0 Å². The molecule has 0 saturated heterocycles. The van der Waals surface area contributed by atoms with Gasteiger partial charge in [-0.3, -0.25) is 0 Å². The van der Waals surface area contributed by atoms with Gasteiger partial charge in [0.15, 0.2) is 0 Å². The van der Waals surface area contributed by atoms with Gasteiger partial charge in [-0.25, -0.2) is 19.9 Å². The van der Waals surface area contributed by atoms with Gasteiger partial charge in [-0.15, -0.1) is 0 Å². The fraction of sp³-hybridized carbons (Fsp3) is 0.268. The van der Waals surface area contributed by atoms with Gasteiger partial charge in [-0.1, -0.05) is 76.2 Å². The highest BCUT2D eigenvalue weighted by Crippen LogP contribution is 2.56. The molecule has 10 heterocycles. The number of allylic oxidation sites excluding steroid dienone is 8. The first-order chi connectivity index (χ1) is 44.3. The Morgan fingerprint density at radius 3 is 1.03 bits per heavy atom. The summed E-state index contributed by atoms with van der Waals surface area (Å²) in [7, 11) is 3.63. The molecule has 10 heteroatoms. The Balaban J connectivity index is 1.15. The molecule has 0 unspecified atom stereocenters. The molecule has 4 aliphatic rings. The average molecular weight is 1210 g/mol. The number of rotatable bonds is 9. The monoisotopic (exact) mass is 1210 g/mol. The zero-order valence-corrected chi connectivity index (χ0v) is 56.7. The Labute approximate surface area is 539 Å². The van der Waals surface area contributed by atoms with Gasteiger partial charge in [0, 0.05) is 66.5 Å². The highest BCUT2D eigenvalue weighted by molar-refractivity contribution is 6.17. The second kappa shape index (κ2) is 22.5. The summed E-state index contributed by atoms with van der Waals surface area (Å²) in [4.78, 5) is 38.2. The van der Waals surface area contributed by atoms with E-state index in [-0.39, 0.29) is 0 Å². The van der Waals surface area contributed by atoms with E-state index >= 15 is 0 Å². The minimum atomic E-state index is 0.699. The normalized spacial score (nSPS) is 13.5. The zero-order valence-electron chi connectivity index (χ0n) is 56.7. The van der Waals surface area contributed by atoms with Gasteiger partial charge in [0.1, 0.15) is 11.5 Å². The van der Waals surface area contributed by atoms with Gasteiger partial charge in [0.2, 0.25) is 0 Å². The summed E-state index contributed by atoms with van der Waals surface area (Å²) in [5.74, 6) is 1.40. The fourth-order valence-electron chi connectivity index (χ4n) is 15.3. The van der Waals surface area contributed by atoms with E-state index < -0.39 is 0 Å². The summed E-state index contributed by atoms with van der Waals surface area (Å²) in [6.07, 6.45) is 3.49. The van der Waals surface area contributed by atoms with Crippen LogP contribution in [0.15, 0.2) is 97.1 Å². The van der Waals surface area contributed by atoms with Crippen LogP contribution in [0, 0.1) is 41.5 Å². The molecule has 0 spiro atoms. The van der Waals surface area contributed by atoms with E-state index in [1.807, 2.05) is 14.2 Å². The number of aryl methyl sites for hydroxylation is 8. The Morgan fingerprint density at radius 2 is 0.674 bits per heavy atom. The Hall–Kier alpha value is -9.80. The van der Waals surface area contributed by atoms with E-state index in [1.165, 1.54) is 44.5 Å². The topological polar surface area (TPSA) is 133 Å². The molecule has 92 heavy (non-hydrogen) atoms. The molecule has 0 fully saturated rings. The van der Waals surface area contributed by atoms with Crippen molar-refractivity contribution < 1.29 is 9.47 Å². The molecule has 4 N–H and O–H groups in total. The molecule has 6 aromatic heterocycles. The predicted molar refractivity (Wildman–Crippen MR) is 389 cm³/mol. The van der Waals surface area contributed by atoms with Crippen molar-refractivity contribution in [3.8, 4) is 44.9 Å². The Bertz CT molecular complexity index is 5090. The van der Waals surface area contributed by atoms with Gasteiger partial charge in [-0.2, -0.15) is 0 Å². The van der Waals surface area contributed by atoms with E-state index in [0.29, 0.717) is 11.5 Å². The molecule has 0 radical (unpaired) electrons. The van der Waals surface area contributed by atoms with E-state index in [2.05, 4.69) is 228 Å². The highest BCUT2D eigenvalue weighted by Gasteiger charge is 2.32. The second-order valence-electron chi connectivity index (χ2n) is 25.7. The first kappa shape index (κ1) is 59.8. The SMILES string of the molecule is CCC1=C(C)c2cc3[nH]c(c(C)c3C)c(-c3cc4ccccc4c(-c4c(OC)c(-c5c6nc(cc7[nH]c(cc8nc(cc9[nH]c5c(C)c9C)C(C)=C8CC)c(CC)c7C)C(C)=C6C)cc5ccccc45)c3OC)c3nc(cc4[nH]c(cc1n2)c(CC)c4C)C(C)=C3C. The summed E-state index contributed by atoms with van der Waals surface area (Å²) in [5.41, 5.74) is 40.0. The van der Waals surface area contributed by atoms with Crippen molar-refractivity contribution in [2.45, 2.75) is 136 Å². The third-order valence-corrected chi connectivity index (χ3v) is 21.2. The molecule has 4 aromatic carbocycles. The average Bonchev–Trinajstić information content (AvgIpc) is 1.10. The molecule has 4 aliphatic heterocycles. The molecule has 0 aliphatic carbocycles. The number of aromatic amines is 4. The molecule has 14 rings (SSSR count). The van der Waals surface area contributed by atoms with E-state index in [0.717, 1.165) is 215 Å². The van der Waals surface area contributed by atoms with Crippen LogP contribution in [0.1, 0.15) is 172 Å². The van der Waals surface area contributed by atoms with E-state index in [1.54, 1.807) is 0 Å². The largest absolute Gasteiger partial charge is 0.495 e. The van der Waals surface area contributed by atoms with Gasteiger partial charge >= 0.3 is 0 Å². The number of benzene rings is 4. The molecule has 0 atom stereocenters. The van der Waals surface area contributed by atoms with Gasteiger partial charge in [-0.05, 0) is 268 Å². The van der Waals surface area contributed by atoms with Gasteiger partial charge < -0.3 is 29.4 Å². The van der Waals surface area contributed by atoms with Crippen LogP contribution in [0.2, 0.25) is 0 Å². The zero-order chi connectivity index (χ0) is 64.6. The number of hydrogen-bond donors (Lipinski definition) is 4. The summed E-state index contributed by atoms with van der Waals surface area (Å²) < 4.78 is 14.3. The molecular weight excluding hydrogens is 1130 g/mol. The Morgan fingerprint density at radius 1 is 0.326 bits per heavy atom. The maximum absolute atomic E-state index is 7.15. The van der Waals surface area contributed by atoms with Crippen molar-refractivity contribution >= 4 is 110 Å². The number of ether oxygens (including phenoxy) is 2. The fourth-order valence-corrected chi connectivity index (χ4v) is 15.3. The minimum absolute atomic E-state index is 0.699. The lowest BCUT2D eigenvalue weighted by Gasteiger charge is -2.23. The number of nitrogens with one attached hydrogen (secondary N) is 4. The van der Waals surface area contributed by atoms with Gasteiger partial charge in [0.05, 0.1) is 70.8 Å². The van der Waals surface area contributed by atoms with Crippen LogP contribution in [-0.4, -0.2) is 54.1 Å². The Kier molecular flexibility index (Phi) is 14.7. The third-order valence-electron chi connectivity index (χ3n) is 21.2. The van der Waals surface area contributed by atoms with E-state index in [4.69, 9.17) is 29.4 Å². The molecule has 10 nitrogen and oxygen atoms in total. The summed E-state index contributed by atoms with van der Waals surface area (Å²) in [6, 6.07) is 35.6. The molecule has 16 bridgehead atoms. The lowest BCUT2D eigenvalue weighted by atomic mass is 9.85. The number of aromatic nitrogens is 8. The van der Waals surface area contributed by atoms with Crippen LogP contribution in [0.4, 0.5) is 0 Å². The summed E-state index contributed by atoms with van der Waals surface area (Å²) in [6.45, 7) is 35.6. The van der Waals surface area contributed by atoms with Crippen molar-refractivity contribution in [1.29, 1.82) is 0 Å². The molecule has 0 saturated carbocycles. The predicted octanol–water partition coefficient (Wildman–Crippen LogP) is 21.8. The van der Waals surface area contributed by atoms with Gasteiger partial charge in [0.25, 0.3) is 0 Å². The maximum Gasteiger partial charge on any atom is 0.135 e. The van der Waals surface area contributed by atoms with Crippen molar-refractivity contribution in [3.05, 3.63) is 187 Å². The van der Waals surface area contributed by atoms with E-state index in [9.17, 15) is 0 Å². The first-order valence-electron chi connectivity index (χ1n) is 32.8. The molecule has 462 valence electrons. The molecular formula is C82H82N8O2. The second-order valence-corrected chi connectivity index (χ2v) is 25.7. The van der Waals surface area contributed by atoms with Crippen LogP contribution in [0.25, 0.3) is 144 Å². The molecule has 0 amide bonds. The van der Waals surface area contributed by atoms with Crippen LogP contribution >= 0.6 is 0 Å². The van der Waals surface area contributed by atoms with Crippen LogP contribution in [0.5, 0.6) is 11.5 Å². The number of hydrogen-bond acceptors (Lipinski definition) is 6. The smallest absolute Gasteiger partial charge is 0.135 e. The summed E-state index contributed by atoms with van der Waals surface area (Å²) >= 11 is 0. The number of nitrogens with zero attached hydrogens (tertiary/aromatic N) is 4. The van der Waals surface area contributed by atoms with Crippen molar-refractivity contribution in [1.82, 2.24) is 39.9 Å². The van der Waals surface area contributed by atoms with Crippen LogP contribution in [0.3, 0.4) is 0 Å². The van der Waals surface area contributed by atoms with Crippen molar-refractivity contribution in [2.75, 3.05) is 14.2 Å². The lowest BCUT2D eigenvalue weighted by molar-refractivity contribution is 0.413. The summed E-state index contributed by atoms with van der Waals surface area (Å²) in [5, 5.41) is 4.12. The standard InChI is InChI=1S/C82H82N8O2/c1-19-53-47(13)65-33-61-39(5)43(9)77(87-61)75(78-44(10)40(6)62(88-78)34-66-48(14)54(20-2)70(84-66)37-69(53)83-65)59-31-51-27-23-25-29-57(51)73(81(59)91-17)74-58-30-26-24-28-52(58)32-60(82(74)92-18)76-79-45(11)41(7)63(89-79)35-67-49(15)55(21-3)71(85-67)38-72-56(22-4)50(16)68(86-72)36-64-42(8)46(12)80(76)90-64/h23-38,83,85,88,90H,19-22H2,1-18H3. The third kappa shape index (κ3) is 9.02. The number of methoxy groups -OCH3 is 2. The number of H-pyrrole nitrogens is 4. The quantitative estimate of drug-likeness (QED) is 0.114. The minimum Gasteiger partial charge on any atom is -0.495 e. The number of fused-ring (bicyclic) bond motifs is 18. The lowest BCUT2D eigenvalue weighted by Crippen LogP contribution is -2.01. The maximum atomic E-state index is 7.15. The highest BCUT2D eigenvalue weighted by atomic mass is 16.5. The molecule has 10 aromatic rings. The van der Waals surface area contributed by atoms with Crippen LogP contribution in [-0.2, 0) is 12.8 Å². The van der Waals surface area contributed by atoms with Crippen molar-refractivity contribution in [3.63, 3.8) is 0 Å². The van der Waals surface area contributed by atoms with Crippen LogP contribution < -0.4 is 9.47 Å². The first-order valence-corrected chi connectivity index (χ1v) is 32.8.